The highest BCUT2D eigenvalue weighted by molar-refractivity contribution is 6.32. The summed E-state index contributed by atoms with van der Waals surface area (Å²) in [4.78, 5) is 50.8. The molecule has 2 heterocycles. The monoisotopic (exact) mass is 598 g/mol. The molecule has 0 radical (unpaired) electrons. The second-order valence-electron chi connectivity index (χ2n) is 10.1. The highest BCUT2D eigenvalue weighted by Gasteiger charge is 2.64. The summed E-state index contributed by atoms with van der Waals surface area (Å²) in [5.41, 5.74) is -2.58. The molecule has 5 rings (SSSR count). The van der Waals surface area contributed by atoms with Gasteiger partial charge in [-0.2, -0.15) is 5.26 Å². The summed E-state index contributed by atoms with van der Waals surface area (Å²) in [7, 11) is 0. The number of aliphatic hydroxyl groups is 1. The fourth-order valence-corrected chi connectivity index (χ4v) is 5.61. The lowest BCUT2D eigenvalue weighted by molar-refractivity contribution is -0.136. The van der Waals surface area contributed by atoms with Gasteiger partial charge in [0.1, 0.15) is 29.2 Å². The van der Waals surface area contributed by atoms with Gasteiger partial charge in [-0.3, -0.25) is 19.3 Å². The van der Waals surface area contributed by atoms with Crippen molar-refractivity contribution in [3.8, 4) is 6.07 Å². The van der Waals surface area contributed by atoms with Gasteiger partial charge in [-0.1, -0.05) is 35.9 Å². The first kappa shape index (κ1) is 29.0. The van der Waals surface area contributed by atoms with Crippen molar-refractivity contribution >= 4 is 41.0 Å². The summed E-state index contributed by atoms with van der Waals surface area (Å²) in [6.45, 7) is 0. The zero-order valence-electron chi connectivity index (χ0n) is 21.6. The molecule has 1 saturated heterocycles. The number of nitriles is 1. The van der Waals surface area contributed by atoms with E-state index < -0.39 is 78.3 Å². The van der Waals surface area contributed by atoms with Crippen LogP contribution in [0.3, 0.4) is 0 Å². The van der Waals surface area contributed by atoms with Crippen molar-refractivity contribution in [3.05, 3.63) is 82.9 Å². The van der Waals surface area contributed by atoms with Gasteiger partial charge in [-0.15, -0.1) is 0 Å². The van der Waals surface area contributed by atoms with Gasteiger partial charge in [0.15, 0.2) is 0 Å². The minimum Gasteiger partial charge on any atom is -0.383 e. The summed E-state index contributed by atoms with van der Waals surface area (Å²) in [6, 6.07) is 12.8. The van der Waals surface area contributed by atoms with Crippen molar-refractivity contribution in [2.45, 2.75) is 48.8 Å². The molecule has 14 heteroatoms. The number of carbonyl (C=O) groups is 3. The lowest BCUT2D eigenvalue weighted by Gasteiger charge is -2.43. The number of hydrogen-bond acceptors (Lipinski definition) is 7. The molecule has 3 aromatic rings. The number of hydrogen-bond donors (Lipinski definition) is 3. The number of aromatic nitrogens is 2. The first-order valence-corrected chi connectivity index (χ1v) is 13.1. The topological polar surface area (TPSA) is 148 Å². The Hall–Kier alpha value is -4.54. The standard InChI is InChI=1S/C28H22ClF3N6O4/c29-20-7-2-1-6-19(20)22(23(40)35-18-11-27(31,32)12-18)28(25(42)36-16-5-3-4-15(30)10-16)13-21(39)24(41)38(28)26-34-9-8-17(14-33)37-26/h1-10,18,21-22,39H,11-13H2,(H,35,40)(H,36,42)/t21?,22-,28?/m1/s1. The molecule has 1 saturated carbocycles. The maximum absolute atomic E-state index is 14.4. The summed E-state index contributed by atoms with van der Waals surface area (Å²) < 4.78 is 41.4. The Kier molecular flexibility index (Phi) is 7.61. The number of nitrogens with zero attached hydrogens (tertiary/aromatic N) is 4. The number of carbonyl (C=O) groups excluding carboxylic acids is 3. The van der Waals surface area contributed by atoms with Crippen LogP contribution in [0.5, 0.6) is 0 Å². The molecule has 3 atom stereocenters. The number of alkyl halides is 2. The van der Waals surface area contributed by atoms with Crippen LogP contribution in [0.4, 0.5) is 24.8 Å². The van der Waals surface area contributed by atoms with Gasteiger partial charge in [-0.05, 0) is 35.9 Å². The Morgan fingerprint density at radius 3 is 2.55 bits per heavy atom. The molecular weight excluding hydrogens is 577 g/mol. The smallest absolute Gasteiger partial charge is 0.259 e. The Labute approximate surface area is 242 Å². The van der Waals surface area contributed by atoms with Crippen molar-refractivity contribution < 1.29 is 32.7 Å². The number of rotatable bonds is 7. The number of nitrogens with one attached hydrogen (secondary N) is 2. The first-order chi connectivity index (χ1) is 19.9. The normalized spacial score (nSPS) is 22.1. The Morgan fingerprint density at radius 2 is 1.88 bits per heavy atom. The van der Waals surface area contributed by atoms with Gasteiger partial charge < -0.3 is 15.7 Å². The first-order valence-electron chi connectivity index (χ1n) is 12.7. The van der Waals surface area contributed by atoms with E-state index in [9.17, 15) is 37.9 Å². The predicted octanol–water partition coefficient (Wildman–Crippen LogP) is 3.31. The second kappa shape index (κ2) is 11.0. The number of aliphatic hydroxyl groups excluding tert-OH is 1. The SMILES string of the molecule is N#Cc1ccnc(N2C(=O)C(O)CC2(C(=O)Nc2cccc(F)c2)[C@@H](C(=O)NC2CC(F)(F)C2)c2ccccc2Cl)n1. The second-order valence-corrected chi connectivity index (χ2v) is 10.5. The molecule has 0 bridgehead atoms. The Morgan fingerprint density at radius 1 is 1.14 bits per heavy atom. The van der Waals surface area contributed by atoms with Crippen molar-refractivity contribution in [3.63, 3.8) is 0 Å². The van der Waals surface area contributed by atoms with E-state index in [4.69, 9.17) is 11.6 Å². The Balaban J connectivity index is 1.72. The van der Waals surface area contributed by atoms with E-state index in [0.29, 0.717) is 0 Å². The van der Waals surface area contributed by atoms with E-state index in [0.717, 1.165) is 23.2 Å². The third kappa shape index (κ3) is 5.26. The molecule has 2 aromatic carbocycles. The molecule has 2 fully saturated rings. The molecule has 2 aliphatic rings. The molecule has 216 valence electrons. The summed E-state index contributed by atoms with van der Waals surface area (Å²) in [6.07, 6.45) is -2.69. The van der Waals surface area contributed by atoms with Crippen LogP contribution in [-0.2, 0) is 14.4 Å². The molecule has 1 aliphatic carbocycles. The quantitative estimate of drug-likeness (QED) is 0.378. The largest absolute Gasteiger partial charge is 0.383 e. The molecule has 3 N–H and O–H groups in total. The van der Waals surface area contributed by atoms with E-state index in [1.165, 1.54) is 36.4 Å². The average Bonchev–Trinajstić information content (AvgIpc) is 3.19. The van der Waals surface area contributed by atoms with Gasteiger partial charge in [0.05, 0.1) is 5.92 Å². The van der Waals surface area contributed by atoms with Crippen molar-refractivity contribution in [2.75, 3.05) is 10.2 Å². The molecule has 0 spiro atoms. The predicted molar refractivity (Wildman–Crippen MR) is 143 cm³/mol. The van der Waals surface area contributed by atoms with E-state index in [1.54, 1.807) is 12.1 Å². The maximum atomic E-state index is 14.4. The Bertz CT molecular complexity index is 1610. The summed E-state index contributed by atoms with van der Waals surface area (Å²) >= 11 is 6.51. The van der Waals surface area contributed by atoms with Crippen molar-refractivity contribution in [1.29, 1.82) is 5.26 Å². The zero-order chi connectivity index (χ0) is 30.2. The fourth-order valence-electron chi connectivity index (χ4n) is 5.36. The van der Waals surface area contributed by atoms with Crippen LogP contribution in [0.1, 0.15) is 36.4 Å². The molecule has 1 aliphatic heterocycles. The van der Waals surface area contributed by atoms with E-state index in [-0.39, 0.29) is 22.0 Å². The van der Waals surface area contributed by atoms with Gasteiger partial charge >= 0.3 is 0 Å². The highest BCUT2D eigenvalue weighted by Crippen LogP contribution is 2.47. The molecule has 1 aromatic heterocycles. The third-order valence-corrected chi connectivity index (χ3v) is 7.58. The lowest BCUT2D eigenvalue weighted by atomic mass is 9.74. The zero-order valence-corrected chi connectivity index (χ0v) is 22.4. The van der Waals surface area contributed by atoms with Crippen LogP contribution < -0.4 is 15.5 Å². The van der Waals surface area contributed by atoms with E-state index in [2.05, 4.69) is 20.6 Å². The number of benzene rings is 2. The fraction of sp³-hybridized carbons (Fsp3) is 0.286. The summed E-state index contributed by atoms with van der Waals surface area (Å²) in [5.74, 6) is -8.95. The van der Waals surface area contributed by atoms with E-state index >= 15 is 0 Å². The van der Waals surface area contributed by atoms with Crippen molar-refractivity contribution in [2.24, 2.45) is 0 Å². The summed E-state index contributed by atoms with van der Waals surface area (Å²) in [5, 5.41) is 25.3. The van der Waals surface area contributed by atoms with Gasteiger partial charge in [0.2, 0.25) is 11.9 Å². The van der Waals surface area contributed by atoms with Crippen molar-refractivity contribution in [1.82, 2.24) is 15.3 Å². The molecular formula is C28H22ClF3N6O4. The molecule has 3 amide bonds. The van der Waals surface area contributed by atoms with Crippen LogP contribution >= 0.6 is 11.6 Å². The number of anilines is 2. The van der Waals surface area contributed by atoms with Crippen LogP contribution in [0.25, 0.3) is 0 Å². The van der Waals surface area contributed by atoms with Gasteiger partial charge in [-0.25, -0.2) is 23.1 Å². The van der Waals surface area contributed by atoms with E-state index in [1.807, 2.05) is 0 Å². The maximum Gasteiger partial charge on any atom is 0.259 e. The minimum absolute atomic E-state index is 0.00463. The minimum atomic E-state index is -2.98. The van der Waals surface area contributed by atoms with Crippen LogP contribution in [0.15, 0.2) is 60.8 Å². The lowest BCUT2D eigenvalue weighted by Crippen LogP contribution is -2.63. The van der Waals surface area contributed by atoms with Crippen LogP contribution in [0, 0.1) is 17.1 Å². The number of halogens is 4. The number of amides is 3. The van der Waals surface area contributed by atoms with Crippen LogP contribution in [-0.4, -0.2) is 56.4 Å². The average molecular weight is 599 g/mol. The van der Waals surface area contributed by atoms with Gasteiger partial charge in [0, 0.05) is 42.2 Å². The third-order valence-electron chi connectivity index (χ3n) is 7.23. The van der Waals surface area contributed by atoms with Gasteiger partial charge in [0.25, 0.3) is 17.7 Å². The highest BCUT2D eigenvalue weighted by atomic mass is 35.5. The molecule has 42 heavy (non-hydrogen) atoms. The van der Waals surface area contributed by atoms with Crippen LogP contribution in [0.2, 0.25) is 5.02 Å². The molecule has 2 unspecified atom stereocenters. The molecule has 10 nitrogen and oxygen atoms in total.